The highest BCUT2D eigenvalue weighted by atomic mass is 32.2. The maximum Gasteiger partial charge on any atom is 0.0998 e. The number of thioether (sulfide) groups is 1. The SMILES string of the molecule is CC[CH]SC(C)OC. The molecule has 0 heterocycles. The zero-order valence-electron chi connectivity index (χ0n) is 5.68. The number of hydrogen-bond acceptors (Lipinski definition) is 2. The molecular weight excluding hydrogens is 120 g/mol. The van der Waals surface area contributed by atoms with Gasteiger partial charge >= 0.3 is 0 Å². The van der Waals surface area contributed by atoms with Gasteiger partial charge in [-0.25, -0.2) is 0 Å². The first-order valence-corrected chi connectivity index (χ1v) is 3.75. The molecule has 0 fully saturated rings. The van der Waals surface area contributed by atoms with Gasteiger partial charge in [-0.15, -0.1) is 11.8 Å². The summed E-state index contributed by atoms with van der Waals surface area (Å²) < 4.78 is 4.98. The maximum atomic E-state index is 4.98. The van der Waals surface area contributed by atoms with Gasteiger partial charge in [-0.1, -0.05) is 6.92 Å². The summed E-state index contributed by atoms with van der Waals surface area (Å²) in [7, 11) is 1.72. The fraction of sp³-hybridized carbons (Fsp3) is 0.833. The standard InChI is InChI=1S/C6H13OS/c1-4-5-8-6(2)7-3/h5-6H,4H2,1-3H3. The van der Waals surface area contributed by atoms with Gasteiger partial charge in [0.1, 0.15) is 0 Å². The van der Waals surface area contributed by atoms with E-state index in [0.29, 0.717) is 5.44 Å². The quantitative estimate of drug-likeness (QED) is 0.544. The van der Waals surface area contributed by atoms with Crippen LogP contribution in [0.25, 0.3) is 0 Å². The van der Waals surface area contributed by atoms with Crippen molar-refractivity contribution in [2.24, 2.45) is 0 Å². The topological polar surface area (TPSA) is 9.23 Å². The van der Waals surface area contributed by atoms with Gasteiger partial charge in [0.05, 0.1) is 5.44 Å². The number of hydrogen-bond donors (Lipinski definition) is 0. The molecule has 2 heteroatoms. The van der Waals surface area contributed by atoms with Crippen LogP contribution in [0.15, 0.2) is 0 Å². The highest BCUT2D eigenvalue weighted by Crippen LogP contribution is 2.15. The first-order valence-electron chi connectivity index (χ1n) is 2.81. The van der Waals surface area contributed by atoms with Crippen LogP contribution in [0.1, 0.15) is 20.3 Å². The fourth-order valence-electron chi connectivity index (χ4n) is 0.287. The van der Waals surface area contributed by atoms with Gasteiger partial charge in [0.15, 0.2) is 0 Å². The Morgan fingerprint density at radius 3 is 2.75 bits per heavy atom. The molecule has 0 aliphatic heterocycles. The van der Waals surface area contributed by atoms with E-state index < -0.39 is 0 Å². The van der Waals surface area contributed by atoms with Gasteiger partial charge in [-0.3, -0.25) is 0 Å². The van der Waals surface area contributed by atoms with E-state index >= 15 is 0 Å². The van der Waals surface area contributed by atoms with Gasteiger partial charge in [0, 0.05) is 12.9 Å². The summed E-state index contributed by atoms with van der Waals surface area (Å²) in [5.74, 6) is 2.15. The largest absolute Gasteiger partial charge is 0.371 e. The van der Waals surface area contributed by atoms with Gasteiger partial charge in [0.2, 0.25) is 0 Å². The highest BCUT2D eigenvalue weighted by Gasteiger charge is 1.95. The maximum absolute atomic E-state index is 4.98. The molecule has 0 aliphatic carbocycles. The average Bonchev–Trinajstić information content (AvgIpc) is 1.83. The second-order valence-electron chi connectivity index (χ2n) is 1.51. The van der Waals surface area contributed by atoms with E-state index in [0.717, 1.165) is 6.42 Å². The van der Waals surface area contributed by atoms with Crippen molar-refractivity contribution in [3.05, 3.63) is 5.75 Å². The predicted molar refractivity (Wildman–Crippen MR) is 38.7 cm³/mol. The lowest BCUT2D eigenvalue weighted by molar-refractivity contribution is 0.188. The molecule has 0 aromatic carbocycles. The van der Waals surface area contributed by atoms with Crippen LogP contribution in [-0.4, -0.2) is 12.5 Å². The molecule has 0 N–H and O–H groups in total. The summed E-state index contributed by atoms with van der Waals surface area (Å²) in [4.78, 5) is 0. The molecule has 0 aromatic heterocycles. The van der Waals surface area contributed by atoms with Crippen LogP contribution in [0.5, 0.6) is 0 Å². The molecule has 0 saturated carbocycles. The van der Waals surface area contributed by atoms with Crippen LogP contribution in [0.2, 0.25) is 0 Å². The van der Waals surface area contributed by atoms with E-state index in [1.54, 1.807) is 18.9 Å². The van der Waals surface area contributed by atoms with Crippen LogP contribution in [0, 0.1) is 5.75 Å². The Hall–Kier alpha value is 0.310. The third-order valence-electron chi connectivity index (χ3n) is 0.786. The molecule has 0 aliphatic rings. The van der Waals surface area contributed by atoms with Crippen LogP contribution < -0.4 is 0 Å². The molecule has 1 unspecified atom stereocenters. The summed E-state index contributed by atoms with van der Waals surface area (Å²) >= 11 is 1.73. The number of methoxy groups -OCH3 is 1. The Kier molecular flexibility index (Phi) is 5.66. The first kappa shape index (κ1) is 8.31. The van der Waals surface area contributed by atoms with E-state index in [9.17, 15) is 0 Å². The average molecular weight is 133 g/mol. The molecular formula is C6H13OS. The summed E-state index contributed by atoms with van der Waals surface area (Å²) in [6, 6.07) is 0. The zero-order valence-corrected chi connectivity index (χ0v) is 6.49. The van der Waals surface area contributed by atoms with Crippen molar-refractivity contribution >= 4 is 11.8 Å². The molecule has 0 amide bonds. The summed E-state index contributed by atoms with van der Waals surface area (Å²) in [6.45, 7) is 4.16. The second-order valence-corrected chi connectivity index (χ2v) is 2.78. The van der Waals surface area contributed by atoms with E-state index in [1.165, 1.54) is 0 Å². The smallest absolute Gasteiger partial charge is 0.0998 e. The minimum Gasteiger partial charge on any atom is -0.371 e. The minimum atomic E-state index is 0.315. The summed E-state index contributed by atoms with van der Waals surface area (Å²) in [5.41, 5.74) is 0.315. The Labute approximate surface area is 55.8 Å². The summed E-state index contributed by atoms with van der Waals surface area (Å²) in [6.07, 6.45) is 1.11. The third kappa shape index (κ3) is 4.47. The number of ether oxygens (including phenoxy) is 1. The fourth-order valence-corrected chi connectivity index (χ4v) is 0.862. The Morgan fingerprint density at radius 2 is 2.38 bits per heavy atom. The van der Waals surface area contributed by atoms with E-state index in [-0.39, 0.29) is 0 Å². The Balaban J connectivity index is 2.86. The minimum absolute atomic E-state index is 0.315. The van der Waals surface area contributed by atoms with Crippen molar-refractivity contribution in [1.82, 2.24) is 0 Å². The lowest BCUT2D eigenvalue weighted by Crippen LogP contribution is -1.96. The second kappa shape index (κ2) is 5.45. The molecule has 1 nitrogen and oxygen atoms in total. The van der Waals surface area contributed by atoms with Gasteiger partial charge in [-0.2, -0.15) is 0 Å². The monoisotopic (exact) mass is 133 g/mol. The lowest BCUT2D eigenvalue weighted by Gasteiger charge is -2.05. The molecule has 0 spiro atoms. The van der Waals surface area contributed by atoms with E-state index in [1.807, 2.05) is 6.92 Å². The zero-order chi connectivity index (χ0) is 6.41. The molecule has 0 saturated heterocycles. The molecule has 8 heavy (non-hydrogen) atoms. The van der Waals surface area contributed by atoms with Crippen molar-refractivity contribution in [1.29, 1.82) is 0 Å². The van der Waals surface area contributed by atoms with Crippen LogP contribution >= 0.6 is 11.8 Å². The van der Waals surface area contributed by atoms with Crippen LogP contribution in [0.4, 0.5) is 0 Å². The lowest BCUT2D eigenvalue weighted by atomic mass is 10.6. The molecule has 0 bridgehead atoms. The number of rotatable bonds is 4. The molecule has 1 atom stereocenters. The van der Waals surface area contributed by atoms with Crippen molar-refractivity contribution in [2.75, 3.05) is 7.11 Å². The molecule has 49 valence electrons. The van der Waals surface area contributed by atoms with Gasteiger partial charge < -0.3 is 4.74 Å². The van der Waals surface area contributed by atoms with E-state index in [4.69, 9.17) is 4.74 Å². The molecule has 0 aromatic rings. The predicted octanol–water partition coefficient (Wildman–Crippen LogP) is 2.28. The van der Waals surface area contributed by atoms with E-state index in [2.05, 4.69) is 12.7 Å². The van der Waals surface area contributed by atoms with Crippen molar-refractivity contribution in [2.45, 2.75) is 25.7 Å². The van der Waals surface area contributed by atoms with Crippen molar-refractivity contribution in [3.8, 4) is 0 Å². The molecule has 0 rings (SSSR count). The van der Waals surface area contributed by atoms with Crippen molar-refractivity contribution < 1.29 is 4.74 Å². The molecule has 1 radical (unpaired) electrons. The van der Waals surface area contributed by atoms with Gasteiger partial charge in [0.25, 0.3) is 0 Å². The normalized spacial score (nSPS) is 13.9. The van der Waals surface area contributed by atoms with Crippen molar-refractivity contribution in [3.63, 3.8) is 0 Å². The van der Waals surface area contributed by atoms with Gasteiger partial charge in [-0.05, 0) is 13.3 Å². The third-order valence-corrected chi connectivity index (χ3v) is 1.89. The first-order chi connectivity index (χ1) is 3.81. The Morgan fingerprint density at radius 1 is 1.75 bits per heavy atom. The van der Waals surface area contributed by atoms with Crippen LogP contribution in [-0.2, 0) is 4.74 Å². The highest BCUT2D eigenvalue weighted by molar-refractivity contribution is 8.01. The Bertz CT molecular complexity index is 47.8. The summed E-state index contributed by atoms with van der Waals surface area (Å²) in [5, 5.41) is 0. The van der Waals surface area contributed by atoms with Crippen LogP contribution in [0.3, 0.4) is 0 Å².